The molecule has 0 bridgehead atoms. The maximum atomic E-state index is 13.9. The summed E-state index contributed by atoms with van der Waals surface area (Å²) in [5.74, 6) is -2.58. The Hall–Kier alpha value is -1.83. The number of ether oxygens (including phenoxy) is 1. The minimum atomic E-state index is -4.26. The number of hydrogen-bond acceptors (Lipinski definition) is 4. The van der Waals surface area contributed by atoms with Crippen LogP contribution in [0.25, 0.3) is 0 Å². The van der Waals surface area contributed by atoms with Gasteiger partial charge in [-0.1, -0.05) is 75.1 Å². The van der Waals surface area contributed by atoms with Crippen molar-refractivity contribution in [2.24, 2.45) is 5.89 Å². The molecule has 1 aliphatic carbocycles. The average molecular weight is 376 g/mol. The van der Waals surface area contributed by atoms with E-state index in [1.165, 1.54) is 6.07 Å². The third-order valence-corrected chi connectivity index (χ3v) is 3.38. The summed E-state index contributed by atoms with van der Waals surface area (Å²) in [5, 5.41) is 4.56. The monoisotopic (exact) mass is 375 g/mol. The number of carbonyl (C=O) groups is 1. The van der Waals surface area contributed by atoms with Crippen LogP contribution in [0.15, 0.2) is 30.3 Å². The zero-order valence-electron chi connectivity index (χ0n) is 32.3. The van der Waals surface area contributed by atoms with Crippen LogP contribution in [0.2, 0.25) is 0 Å². The molecule has 0 radical (unpaired) electrons. The Morgan fingerprint density at radius 2 is 2.04 bits per heavy atom. The minimum absolute atomic E-state index is 0.591. The van der Waals surface area contributed by atoms with Gasteiger partial charge in [-0.15, -0.1) is 0 Å². The van der Waals surface area contributed by atoms with Crippen molar-refractivity contribution in [3.05, 3.63) is 35.9 Å². The van der Waals surface area contributed by atoms with Crippen molar-refractivity contribution in [3.8, 4) is 11.8 Å². The standard InChI is InChI=1S/C22H31NO3/c1-3-23(4-2)17-11-12-18-26-21(24)22(25,19-13-7-5-8-14-19)20-15-9-6-10-16-20/h5,7-8,13-14,20,25H,3-4,6,9-10,15-18H2,1-2H3/i3D2,4D2,6D2,9D2,10D2,15D2,16D2,18D2,20D,25D. The van der Waals surface area contributed by atoms with Crippen molar-refractivity contribution < 1.29 is 37.9 Å². The highest BCUT2D eigenvalue weighted by Gasteiger charge is 2.46. The van der Waals surface area contributed by atoms with Crippen LogP contribution in [0.3, 0.4) is 0 Å². The van der Waals surface area contributed by atoms with Gasteiger partial charge >= 0.3 is 5.97 Å². The molecule has 1 saturated carbocycles. The van der Waals surface area contributed by atoms with E-state index in [0.717, 1.165) is 38.1 Å². The fourth-order valence-corrected chi connectivity index (χ4v) is 2.03. The third kappa shape index (κ3) is 5.09. The molecule has 1 fully saturated rings. The minimum Gasteiger partial charge on any atom is -0.450 e. The molecule has 1 N–H and O–H groups in total. The Bertz CT molecular complexity index is 1250. The molecule has 0 saturated heterocycles. The van der Waals surface area contributed by atoms with E-state index in [4.69, 9.17) is 29.5 Å². The lowest BCUT2D eigenvalue weighted by Gasteiger charge is -2.36. The molecule has 2 rings (SSSR count). The van der Waals surface area contributed by atoms with E-state index in [1.54, 1.807) is 5.92 Å². The van der Waals surface area contributed by atoms with Gasteiger partial charge in [0.1, 0.15) is 0 Å². The lowest BCUT2D eigenvalue weighted by atomic mass is 9.73. The first-order chi connectivity index (χ1) is 19.4. The number of rotatable bonds is 8. The molecule has 0 aliphatic heterocycles. The van der Waals surface area contributed by atoms with Gasteiger partial charge in [-0.3, -0.25) is 4.90 Å². The van der Waals surface area contributed by atoms with Crippen LogP contribution in [-0.2, 0) is 15.1 Å². The number of esters is 1. The van der Waals surface area contributed by atoms with Gasteiger partial charge in [0.05, 0.1) is 9.29 Å². The van der Waals surface area contributed by atoms with E-state index in [0.29, 0.717) is 4.90 Å². The Morgan fingerprint density at radius 3 is 2.65 bits per heavy atom. The molecule has 4 nitrogen and oxygen atoms in total. The molecule has 0 spiro atoms. The Morgan fingerprint density at radius 1 is 1.35 bits per heavy atom. The molecular formula is C22H31NO3. The summed E-state index contributed by atoms with van der Waals surface area (Å²) >= 11 is 0. The van der Waals surface area contributed by atoms with Crippen molar-refractivity contribution in [2.45, 2.75) is 51.3 Å². The van der Waals surface area contributed by atoms with Gasteiger partial charge in [0, 0.05) is 26.5 Å². The van der Waals surface area contributed by atoms with E-state index < -0.39 is 81.0 Å². The molecule has 0 heterocycles. The summed E-state index contributed by atoms with van der Waals surface area (Å²) in [6.07, 6.45) is -20.6. The number of carbonyl (C=O) groups excluding carboxylic acids is 1. The predicted molar refractivity (Wildman–Crippen MR) is 103 cm³/mol. The molecule has 1 aliphatic rings. The van der Waals surface area contributed by atoms with Crippen LogP contribution in [-0.4, -0.2) is 43.5 Å². The SMILES string of the molecule is [2H]OC(C(=O)OC([2H])([2H])C#CCN(C([2H])([2H])C)C([2H])([2H])C)(c1ccccc1)C1([2H])C([2H])([2H])C([2H])([2H])C([2H])([2H])C([2H])([2H])C1([2H])[2H]. The largest absolute Gasteiger partial charge is 0.450 e. The van der Waals surface area contributed by atoms with Gasteiger partial charge in [-0.05, 0) is 31.3 Å². The maximum absolute atomic E-state index is 13.9. The fraction of sp³-hybridized carbons (Fsp3) is 0.591. The van der Waals surface area contributed by atoms with Crippen molar-refractivity contribution in [3.63, 3.8) is 0 Å². The molecule has 1 unspecified atom stereocenters. The van der Waals surface area contributed by atoms with Crippen LogP contribution in [0.1, 0.15) is 74.6 Å². The lowest BCUT2D eigenvalue weighted by Crippen LogP contribution is -2.45. The van der Waals surface area contributed by atoms with E-state index in [2.05, 4.69) is 11.0 Å². The number of nitrogens with zero attached hydrogens (tertiary/aromatic N) is 1. The number of hydrogen-bond donors (Lipinski definition) is 1. The fourth-order valence-electron chi connectivity index (χ4n) is 2.03. The summed E-state index contributed by atoms with van der Waals surface area (Å²) < 4.78 is 152. The number of aliphatic hydroxyl groups is 1. The van der Waals surface area contributed by atoms with Gasteiger partial charge in [0.15, 0.2) is 12.2 Å². The van der Waals surface area contributed by atoms with Crippen LogP contribution >= 0.6 is 0 Å². The average Bonchev–Trinajstić information content (AvgIpc) is 2.84. The van der Waals surface area contributed by atoms with Crippen LogP contribution in [0.5, 0.6) is 0 Å². The van der Waals surface area contributed by atoms with Crippen LogP contribution < -0.4 is 0 Å². The van der Waals surface area contributed by atoms with E-state index >= 15 is 0 Å². The summed E-state index contributed by atoms with van der Waals surface area (Å²) in [4.78, 5) is 14.5. The van der Waals surface area contributed by atoms with Crippen LogP contribution in [0.4, 0.5) is 0 Å². The highest BCUT2D eigenvalue weighted by Crippen LogP contribution is 2.40. The molecule has 1 aromatic carbocycles. The Balaban J connectivity index is 2.87. The van der Waals surface area contributed by atoms with Crippen LogP contribution in [0, 0.1) is 17.7 Å². The quantitative estimate of drug-likeness (QED) is 0.559. The van der Waals surface area contributed by atoms with Crippen molar-refractivity contribution in [1.82, 2.24) is 4.90 Å². The van der Waals surface area contributed by atoms with Crippen molar-refractivity contribution >= 4 is 5.97 Å². The summed E-state index contributed by atoms with van der Waals surface area (Å²) in [6.45, 7) is -6.80. The van der Waals surface area contributed by atoms with Gasteiger partial charge in [-0.25, -0.2) is 4.79 Å². The van der Waals surface area contributed by atoms with Gasteiger partial charge < -0.3 is 9.85 Å². The van der Waals surface area contributed by atoms with Crippen molar-refractivity contribution in [2.75, 3.05) is 26.1 Å². The zero-order valence-corrected chi connectivity index (χ0v) is 14.3. The molecule has 1 atom stereocenters. The first-order valence-electron chi connectivity index (χ1n) is 16.5. The van der Waals surface area contributed by atoms with Crippen molar-refractivity contribution in [1.29, 1.82) is 1.43 Å². The van der Waals surface area contributed by atoms with E-state index in [9.17, 15) is 4.79 Å². The van der Waals surface area contributed by atoms with E-state index in [-0.39, 0.29) is 0 Å². The second-order valence-electron chi connectivity index (χ2n) is 4.87. The predicted octanol–water partition coefficient (Wildman–Crippen LogP) is 3.34. The molecule has 1 aromatic rings. The Kier molecular flexibility index (Phi) is 2.77. The summed E-state index contributed by atoms with van der Waals surface area (Å²) in [6, 6.07) is 5.43. The molecule has 0 aromatic heterocycles. The van der Waals surface area contributed by atoms with Gasteiger partial charge in [0.25, 0.3) is 0 Å². The summed E-state index contributed by atoms with van der Waals surface area (Å²) in [7, 11) is 0. The second-order valence-corrected chi connectivity index (χ2v) is 4.87. The van der Waals surface area contributed by atoms with E-state index in [1.807, 2.05) is 0 Å². The molecule has 142 valence electrons. The molecule has 26 heavy (non-hydrogen) atoms. The first-order valence-corrected chi connectivity index (χ1v) is 7.59. The molecule has 0 amide bonds. The molecular weight excluding hydrogens is 326 g/mol. The number of benzene rings is 1. The topological polar surface area (TPSA) is 49.8 Å². The highest BCUT2D eigenvalue weighted by molar-refractivity contribution is 5.81. The second kappa shape index (κ2) is 10.4. The first kappa shape index (κ1) is 6.96. The maximum Gasteiger partial charge on any atom is 0.344 e. The summed E-state index contributed by atoms with van der Waals surface area (Å²) in [5.41, 5.74) is -4.62. The lowest BCUT2D eigenvalue weighted by molar-refractivity contribution is -0.174. The third-order valence-electron chi connectivity index (χ3n) is 3.38. The normalized spacial score (nSPS) is 40.0. The molecule has 4 heteroatoms. The smallest absolute Gasteiger partial charge is 0.344 e. The Labute approximate surface area is 182 Å². The van der Waals surface area contributed by atoms with Gasteiger partial charge in [-0.2, -0.15) is 0 Å². The highest BCUT2D eigenvalue weighted by atomic mass is 16.5. The zero-order chi connectivity index (χ0) is 34.8. The van der Waals surface area contributed by atoms with Gasteiger partial charge in [0.2, 0.25) is 1.43 Å².